The van der Waals surface area contributed by atoms with Crippen LogP contribution < -0.4 is 0 Å². The van der Waals surface area contributed by atoms with Gasteiger partial charge in [-0.05, 0) is 5.92 Å². The Morgan fingerprint density at radius 2 is 1.36 bits per heavy atom. The molecule has 1 rings (SSSR count). The Hall–Kier alpha value is 0. The Morgan fingerprint density at radius 1 is 1.00 bits per heavy atom. The monoisotopic (exact) mass is 158 g/mol. The molecule has 0 amide bonds. The van der Waals surface area contributed by atoms with Gasteiger partial charge in [0.1, 0.15) is 0 Å². The maximum atomic E-state index is 2.25. The van der Waals surface area contributed by atoms with Crippen molar-refractivity contribution in [2.75, 3.05) is 0 Å². The average Bonchev–Trinajstić information content (AvgIpc) is 2.76. The quantitative estimate of drug-likeness (QED) is 0.549. The highest BCUT2D eigenvalue weighted by Gasteiger charge is 1.95. The molecule has 0 saturated heterocycles. The third kappa shape index (κ3) is 40.0. The Kier molecular flexibility index (Phi) is 15.6. The van der Waals surface area contributed by atoms with E-state index in [0.29, 0.717) is 0 Å². The fraction of sp³-hybridized carbons (Fsp3) is 1.00. The van der Waals surface area contributed by atoms with E-state index in [0.717, 1.165) is 5.92 Å². The number of hydrogen-bond acceptors (Lipinski definition) is 0. The second kappa shape index (κ2) is 12.7. The summed E-state index contributed by atoms with van der Waals surface area (Å²) < 4.78 is 0. The Labute approximate surface area is 73.4 Å². The molecule has 0 aromatic rings. The van der Waals surface area contributed by atoms with Crippen LogP contribution in [0.15, 0.2) is 0 Å². The van der Waals surface area contributed by atoms with Crippen LogP contribution >= 0.6 is 0 Å². The van der Waals surface area contributed by atoms with E-state index in [1.54, 1.807) is 0 Å². The topological polar surface area (TPSA) is 0 Å². The summed E-state index contributed by atoms with van der Waals surface area (Å²) in [6.07, 6.45) is 7.21. The minimum atomic E-state index is 0.898. The molecule has 0 spiro atoms. The first-order chi connectivity index (χ1) is 5.27. The van der Waals surface area contributed by atoms with Gasteiger partial charge in [-0.2, -0.15) is 0 Å². The van der Waals surface area contributed by atoms with E-state index in [2.05, 4.69) is 20.8 Å². The SMILES string of the molecule is C1CC1.CC.CCCC(C)C. The number of hydrogen-bond donors (Lipinski definition) is 0. The second-order valence-corrected chi connectivity index (χ2v) is 3.24. The Bertz CT molecular complexity index is 41.2. The van der Waals surface area contributed by atoms with E-state index >= 15 is 0 Å². The molecule has 0 unspecified atom stereocenters. The van der Waals surface area contributed by atoms with E-state index < -0.39 is 0 Å². The lowest BCUT2D eigenvalue weighted by Gasteiger charge is -1.95. The minimum Gasteiger partial charge on any atom is -0.0683 e. The summed E-state index contributed by atoms with van der Waals surface area (Å²) in [5, 5.41) is 0. The normalized spacial score (nSPS) is 12.5. The van der Waals surface area contributed by atoms with Gasteiger partial charge in [0, 0.05) is 0 Å². The molecule has 0 nitrogen and oxygen atoms in total. The summed E-state index contributed by atoms with van der Waals surface area (Å²) in [4.78, 5) is 0. The van der Waals surface area contributed by atoms with E-state index in [9.17, 15) is 0 Å². The van der Waals surface area contributed by atoms with Crippen LogP contribution in [0, 0.1) is 5.92 Å². The van der Waals surface area contributed by atoms with Gasteiger partial charge in [0.15, 0.2) is 0 Å². The highest BCUT2D eigenvalue weighted by Crippen LogP contribution is 2.14. The summed E-state index contributed by atoms with van der Waals surface area (Å²) in [5.41, 5.74) is 0. The van der Waals surface area contributed by atoms with Gasteiger partial charge in [0.25, 0.3) is 0 Å². The van der Waals surface area contributed by atoms with Crippen molar-refractivity contribution in [3.63, 3.8) is 0 Å². The van der Waals surface area contributed by atoms with Crippen LogP contribution in [0.2, 0.25) is 0 Å². The molecule has 1 saturated carbocycles. The third-order valence-corrected chi connectivity index (χ3v) is 1.22. The maximum absolute atomic E-state index is 2.25. The zero-order valence-corrected chi connectivity index (χ0v) is 9.11. The molecule has 0 atom stereocenters. The van der Waals surface area contributed by atoms with Crippen LogP contribution in [0.4, 0.5) is 0 Å². The minimum absolute atomic E-state index is 0.898. The number of rotatable bonds is 2. The largest absolute Gasteiger partial charge is 0.0683 e. The second-order valence-electron chi connectivity index (χ2n) is 3.24. The molecular weight excluding hydrogens is 132 g/mol. The average molecular weight is 158 g/mol. The van der Waals surface area contributed by atoms with Gasteiger partial charge in [-0.3, -0.25) is 0 Å². The van der Waals surface area contributed by atoms with E-state index in [1.807, 2.05) is 13.8 Å². The third-order valence-electron chi connectivity index (χ3n) is 1.22. The van der Waals surface area contributed by atoms with Crippen LogP contribution in [0.25, 0.3) is 0 Å². The van der Waals surface area contributed by atoms with Gasteiger partial charge in [-0.1, -0.05) is 66.7 Å². The van der Waals surface area contributed by atoms with Crippen LogP contribution in [-0.2, 0) is 0 Å². The lowest BCUT2D eigenvalue weighted by Crippen LogP contribution is -1.81. The summed E-state index contributed by atoms with van der Waals surface area (Å²) in [6.45, 7) is 10.7. The Morgan fingerprint density at radius 3 is 1.36 bits per heavy atom. The molecule has 1 aliphatic carbocycles. The highest BCUT2D eigenvalue weighted by atomic mass is 14.0. The fourth-order valence-electron chi connectivity index (χ4n) is 0.577. The zero-order chi connectivity index (χ0) is 9.11. The van der Waals surface area contributed by atoms with Crippen molar-refractivity contribution >= 4 is 0 Å². The first-order valence-corrected chi connectivity index (χ1v) is 5.27. The summed E-state index contributed by atoms with van der Waals surface area (Å²) in [7, 11) is 0. The molecule has 11 heavy (non-hydrogen) atoms. The summed E-state index contributed by atoms with van der Waals surface area (Å²) in [6, 6.07) is 0. The first kappa shape index (κ1) is 13.6. The smallest absolute Gasteiger partial charge is 0.0471 e. The van der Waals surface area contributed by atoms with Crippen molar-refractivity contribution in [1.82, 2.24) is 0 Å². The van der Waals surface area contributed by atoms with Crippen molar-refractivity contribution in [2.24, 2.45) is 5.92 Å². The lowest BCUT2D eigenvalue weighted by molar-refractivity contribution is 0.576. The predicted molar refractivity (Wildman–Crippen MR) is 54.9 cm³/mol. The maximum Gasteiger partial charge on any atom is -0.0471 e. The van der Waals surface area contributed by atoms with Crippen molar-refractivity contribution in [1.29, 1.82) is 0 Å². The highest BCUT2D eigenvalue weighted by molar-refractivity contribution is 4.50. The van der Waals surface area contributed by atoms with Crippen molar-refractivity contribution < 1.29 is 0 Å². The van der Waals surface area contributed by atoms with Crippen molar-refractivity contribution in [3.05, 3.63) is 0 Å². The van der Waals surface area contributed by atoms with Crippen molar-refractivity contribution in [2.45, 2.75) is 66.7 Å². The molecule has 0 bridgehead atoms. The molecule has 0 heterocycles. The van der Waals surface area contributed by atoms with Crippen LogP contribution in [0.5, 0.6) is 0 Å². The molecule has 0 aromatic carbocycles. The van der Waals surface area contributed by atoms with Crippen LogP contribution in [0.3, 0.4) is 0 Å². The van der Waals surface area contributed by atoms with Gasteiger partial charge in [-0.25, -0.2) is 0 Å². The standard InChI is InChI=1S/C6H14.C3H6.C2H6/c1-4-5-6(2)3;1-2-3-1;1-2/h6H,4-5H2,1-3H3;1-3H2;1-2H3. The predicted octanol–water partition coefficient (Wildman–Crippen LogP) is 4.64. The van der Waals surface area contributed by atoms with Crippen molar-refractivity contribution in [3.8, 4) is 0 Å². The van der Waals surface area contributed by atoms with Gasteiger partial charge in [-0.15, -0.1) is 0 Å². The molecule has 0 aromatic heterocycles. The van der Waals surface area contributed by atoms with Crippen LogP contribution in [0.1, 0.15) is 66.7 Å². The molecule has 0 aliphatic heterocycles. The van der Waals surface area contributed by atoms with Gasteiger partial charge in [0.2, 0.25) is 0 Å². The molecular formula is C11H26. The summed E-state index contributed by atoms with van der Waals surface area (Å²) in [5.74, 6) is 0.898. The Balaban J connectivity index is 0. The van der Waals surface area contributed by atoms with E-state index in [-0.39, 0.29) is 0 Å². The molecule has 1 aliphatic rings. The van der Waals surface area contributed by atoms with E-state index in [4.69, 9.17) is 0 Å². The molecule has 0 N–H and O–H groups in total. The lowest BCUT2D eigenvalue weighted by atomic mass is 10.1. The van der Waals surface area contributed by atoms with Crippen LogP contribution in [-0.4, -0.2) is 0 Å². The molecule has 70 valence electrons. The first-order valence-electron chi connectivity index (χ1n) is 5.27. The zero-order valence-electron chi connectivity index (χ0n) is 9.11. The van der Waals surface area contributed by atoms with Gasteiger partial charge >= 0.3 is 0 Å². The van der Waals surface area contributed by atoms with Gasteiger partial charge in [0.05, 0.1) is 0 Å². The summed E-state index contributed by atoms with van der Waals surface area (Å²) >= 11 is 0. The van der Waals surface area contributed by atoms with E-state index in [1.165, 1.54) is 32.1 Å². The molecule has 0 radical (unpaired) electrons. The molecule has 0 heteroatoms. The fourth-order valence-corrected chi connectivity index (χ4v) is 0.577. The molecule has 1 fully saturated rings. The van der Waals surface area contributed by atoms with Gasteiger partial charge < -0.3 is 0 Å².